The van der Waals surface area contributed by atoms with Crippen LogP contribution in [0.25, 0.3) is 0 Å². The number of nitrogens with zero attached hydrogens (tertiary/aromatic N) is 1. The van der Waals surface area contributed by atoms with Gasteiger partial charge in [-0.15, -0.1) is 0 Å². The zero-order valence-electron chi connectivity index (χ0n) is 12.1. The number of aliphatic hydroxyl groups excluding tert-OH is 1. The van der Waals surface area contributed by atoms with Crippen LogP contribution in [0.15, 0.2) is 35.6 Å². The van der Waals surface area contributed by atoms with Crippen LogP contribution in [0.4, 0.5) is 0 Å². The highest BCUT2D eigenvalue weighted by Gasteiger charge is 2.37. The van der Waals surface area contributed by atoms with Crippen molar-refractivity contribution in [3.8, 4) is 6.07 Å². The molecule has 1 aromatic rings. The molecule has 1 aliphatic carbocycles. The van der Waals surface area contributed by atoms with E-state index in [9.17, 15) is 14.7 Å². The van der Waals surface area contributed by atoms with Crippen LogP contribution in [-0.2, 0) is 16.0 Å². The van der Waals surface area contributed by atoms with Gasteiger partial charge in [0.1, 0.15) is 5.76 Å². The standard InChI is InChI=1S/C17H17NO3/c1-17(2)8-14(20)16(15(21)9-17)13(19)7-11-3-5-12(10-18)6-4-11/h3-6,19H,7-9H2,1-2H3. The lowest BCUT2D eigenvalue weighted by Gasteiger charge is -2.28. The minimum Gasteiger partial charge on any atom is -0.511 e. The predicted molar refractivity (Wildman–Crippen MR) is 77.5 cm³/mol. The maximum absolute atomic E-state index is 12.1. The number of nitriles is 1. The molecule has 4 heteroatoms. The third kappa shape index (κ3) is 3.38. The summed E-state index contributed by atoms with van der Waals surface area (Å²) in [6, 6.07) is 8.70. The van der Waals surface area contributed by atoms with Crippen molar-refractivity contribution >= 4 is 11.6 Å². The highest BCUT2D eigenvalue weighted by Crippen LogP contribution is 2.34. The van der Waals surface area contributed by atoms with Gasteiger partial charge in [0.05, 0.1) is 17.2 Å². The monoisotopic (exact) mass is 283 g/mol. The molecule has 0 atom stereocenters. The van der Waals surface area contributed by atoms with Crippen LogP contribution in [-0.4, -0.2) is 16.7 Å². The third-order valence-electron chi connectivity index (χ3n) is 3.58. The lowest BCUT2D eigenvalue weighted by atomic mass is 9.73. The van der Waals surface area contributed by atoms with Gasteiger partial charge in [-0.2, -0.15) is 5.26 Å². The first-order valence-corrected chi connectivity index (χ1v) is 6.80. The van der Waals surface area contributed by atoms with Crippen molar-refractivity contribution in [3.05, 3.63) is 46.7 Å². The Morgan fingerprint density at radius 2 is 1.71 bits per heavy atom. The summed E-state index contributed by atoms with van der Waals surface area (Å²) in [5.74, 6) is -0.755. The van der Waals surface area contributed by atoms with Gasteiger partial charge >= 0.3 is 0 Å². The number of aliphatic hydroxyl groups is 1. The minimum absolute atomic E-state index is 0.0568. The number of benzene rings is 1. The van der Waals surface area contributed by atoms with E-state index >= 15 is 0 Å². The fourth-order valence-electron chi connectivity index (χ4n) is 2.56. The van der Waals surface area contributed by atoms with E-state index in [0.717, 1.165) is 5.56 Å². The Labute approximate surface area is 123 Å². The van der Waals surface area contributed by atoms with Crippen molar-refractivity contribution in [2.45, 2.75) is 33.1 Å². The number of rotatable bonds is 2. The van der Waals surface area contributed by atoms with E-state index in [4.69, 9.17) is 5.26 Å². The first kappa shape index (κ1) is 15.0. The molecular formula is C17H17NO3. The number of carbonyl (C=O) groups excluding carboxylic acids is 2. The van der Waals surface area contributed by atoms with Crippen molar-refractivity contribution in [2.24, 2.45) is 5.41 Å². The molecule has 0 radical (unpaired) electrons. The van der Waals surface area contributed by atoms with Crippen LogP contribution in [0.3, 0.4) is 0 Å². The Morgan fingerprint density at radius 1 is 1.19 bits per heavy atom. The fourth-order valence-corrected chi connectivity index (χ4v) is 2.56. The number of allylic oxidation sites excluding steroid dienone is 2. The Bertz CT molecular complexity index is 638. The van der Waals surface area contributed by atoms with Crippen LogP contribution in [0.5, 0.6) is 0 Å². The topological polar surface area (TPSA) is 78.2 Å². The number of Topliss-reactive ketones (excluding diaryl/α,β-unsaturated/α-hetero) is 2. The van der Waals surface area contributed by atoms with Crippen LogP contribution >= 0.6 is 0 Å². The molecule has 1 aromatic carbocycles. The molecule has 0 saturated heterocycles. The summed E-state index contributed by atoms with van der Waals surface area (Å²) < 4.78 is 0. The molecule has 21 heavy (non-hydrogen) atoms. The van der Waals surface area contributed by atoms with E-state index < -0.39 is 0 Å². The Balaban J connectivity index is 2.24. The maximum atomic E-state index is 12.1. The summed E-state index contributed by atoms with van der Waals surface area (Å²) in [6.45, 7) is 3.74. The molecule has 0 spiro atoms. The summed E-state index contributed by atoms with van der Waals surface area (Å²) in [6.07, 6.45) is 0.663. The zero-order valence-corrected chi connectivity index (χ0v) is 12.1. The second kappa shape index (κ2) is 5.53. The van der Waals surface area contributed by atoms with Gasteiger partial charge in [0.25, 0.3) is 0 Å². The molecule has 0 unspecified atom stereocenters. The quantitative estimate of drug-likeness (QED) is 0.514. The summed E-state index contributed by atoms with van der Waals surface area (Å²) in [5.41, 5.74) is 0.882. The van der Waals surface area contributed by atoms with Crippen molar-refractivity contribution in [3.63, 3.8) is 0 Å². The van der Waals surface area contributed by atoms with Crippen molar-refractivity contribution in [1.82, 2.24) is 0 Å². The highest BCUT2D eigenvalue weighted by atomic mass is 16.3. The molecule has 0 aromatic heterocycles. The molecule has 0 amide bonds. The van der Waals surface area contributed by atoms with Gasteiger partial charge in [0.15, 0.2) is 11.6 Å². The number of carbonyl (C=O) groups is 2. The average molecular weight is 283 g/mol. The van der Waals surface area contributed by atoms with Crippen molar-refractivity contribution < 1.29 is 14.7 Å². The van der Waals surface area contributed by atoms with Gasteiger partial charge in [0, 0.05) is 19.3 Å². The molecule has 0 aliphatic heterocycles. The largest absolute Gasteiger partial charge is 0.511 e. The van der Waals surface area contributed by atoms with E-state index in [-0.39, 0.29) is 47.6 Å². The van der Waals surface area contributed by atoms with Crippen LogP contribution < -0.4 is 0 Å². The van der Waals surface area contributed by atoms with Crippen LogP contribution in [0.1, 0.15) is 37.8 Å². The first-order valence-electron chi connectivity index (χ1n) is 6.80. The van der Waals surface area contributed by atoms with Crippen LogP contribution in [0, 0.1) is 16.7 Å². The Kier molecular flexibility index (Phi) is 3.95. The van der Waals surface area contributed by atoms with Crippen molar-refractivity contribution in [1.29, 1.82) is 5.26 Å². The summed E-state index contributed by atoms with van der Waals surface area (Å²) in [7, 11) is 0. The van der Waals surface area contributed by atoms with Gasteiger partial charge < -0.3 is 5.11 Å². The van der Waals surface area contributed by atoms with Gasteiger partial charge in [-0.05, 0) is 23.1 Å². The Morgan fingerprint density at radius 3 is 2.19 bits per heavy atom. The lowest BCUT2D eigenvalue weighted by molar-refractivity contribution is -0.127. The van der Waals surface area contributed by atoms with E-state index in [2.05, 4.69) is 0 Å². The van der Waals surface area contributed by atoms with E-state index in [0.29, 0.717) is 5.56 Å². The van der Waals surface area contributed by atoms with Gasteiger partial charge in [-0.25, -0.2) is 0 Å². The summed E-state index contributed by atoms with van der Waals surface area (Å²) in [4.78, 5) is 24.1. The second-order valence-corrected chi connectivity index (χ2v) is 6.17. The summed E-state index contributed by atoms with van der Waals surface area (Å²) >= 11 is 0. The first-order chi connectivity index (χ1) is 9.82. The molecular weight excluding hydrogens is 266 g/mol. The molecule has 0 bridgehead atoms. The third-order valence-corrected chi connectivity index (χ3v) is 3.58. The van der Waals surface area contributed by atoms with Crippen molar-refractivity contribution in [2.75, 3.05) is 0 Å². The predicted octanol–water partition coefficient (Wildman–Crippen LogP) is 2.87. The minimum atomic E-state index is -0.341. The number of hydrogen-bond donors (Lipinski definition) is 1. The van der Waals surface area contributed by atoms with Crippen LogP contribution in [0.2, 0.25) is 0 Å². The Hall–Kier alpha value is -2.41. The molecule has 4 nitrogen and oxygen atoms in total. The zero-order chi connectivity index (χ0) is 15.6. The van der Waals surface area contributed by atoms with E-state index in [1.807, 2.05) is 19.9 Å². The summed E-state index contributed by atoms with van der Waals surface area (Å²) in [5, 5.41) is 18.9. The van der Waals surface area contributed by atoms with E-state index in [1.54, 1.807) is 24.3 Å². The fraction of sp³-hybridized carbons (Fsp3) is 0.353. The highest BCUT2D eigenvalue weighted by molar-refractivity contribution is 6.22. The molecule has 1 fully saturated rings. The molecule has 1 saturated carbocycles. The maximum Gasteiger partial charge on any atom is 0.170 e. The number of ketones is 2. The second-order valence-electron chi connectivity index (χ2n) is 6.17. The average Bonchev–Trinajstić information content (AvgIpc) is 2.37. The molecule has 0 heterocycles. The molecule has 108 valence electrons. The molecule has 2 rings (SSSR count). The normalized spacial score (nSPS) is 17.5. The molecule has 1 N–H and O–H groups in total. The van der Waals surface area contributed by atoms with Gasteiger partial charge in [-0.1, -0.05) is 26.0 Å². The number of hydrogen-bond acceptors (Lipinski definition) is 4. The smallest absolute Gasteiger partial charge is 0.170 e. The lowest BCUT2D eigenvalue weighted by Crippen LogP contribution is -2.32. The molecule has 1 aliphatic rings. The van der Waals surface area contributed by atoms with Gasteiger partial charge in [0.2, 0.25) is 0 Å². The van der Waals surface area contributed by atoms with Gasteiger partial charge in [-0.3, -0.25) is 9.59 Å². The SMILES string of the molecule is CC1(C)CC(=O)C(=C(O)Cc2ccc(C#N)cc2)C(=O)C1. The van der Waals surface area contributed by atoms with E-state index in [1.165, 1.54) is 0 Å².